The Hall–Kier alpha value is -2.99. The Labute approximate surface area is 165 Å². The highest BCUT2D eigenvalue weighted by atomic mass is 16.1. The average Bonchev–Trinajstić information content (AvgIpc) is 2.73. The van der Waals surface area contributed by atoms with Crippen LogP contribution in [0, 0.1) is 13.8 Å². The van der Waals surface area contributed by atoms with Gasteiger partial charge in [-0.25, -0.2) is 4.98 Å². The molecule has 144 valence electrons. The van der Waals surface area contributed by atoms with Gasteiger partial charge in [-0.05, 0) is 49.6 Å². The third-order valence-corrected chi connectivity index (χ3v) is 5.33. The number of nitrogens with zero attached hydrogens (tertiary/aromatic N) is 5. The predicted molar refractivity (Wildman–Crippen MR) is 111 cm³/mol. The summed E-state index contributed by atoms with van der Waals surface area (Å²) in [5.74, 6) is 0.708. The quantitative estimate of drug-likeness (QED) is 0.700. The van der Waals surface area contributed by atoms with Crippen LogP contribution in [-0.2, 0) is 19.6 Å². The van der Waals surface area contributed by atoms with Crippen LogP contribution < -0.4 is 10.5 Å². The van der Waals surface area contributed by atoms with E-state index in [4.69, 9.17) is 4.98 Å². The summed E-state index contributed by atoms with van der Waals surface area (Å²) in [6, 6.07) is 12.5. The molecule has 0 atom stereocenters. The fourth-order valence-electron chi connectivity index (χ4n) is 3.54. The first-order valence-corrected chi connectivity index (χ1v) is 9.62. The van der Waals surface area contributed by atoms with Crippen LogP contribution in [0.25, 0.3) is 0 Å². The van der Waals surface area contributed by atoms with E-state index in [1.54, 1.807) is 10.8 Å². The van der Waals surface area contributed by atoms with Gasteiger partial charge in [0.1, 0.15) is 0 Å². The van der Waals surface area contributed by atoms with Gasteiger partial charge in [-0.15, -0.1) is 0 Å². The van der Waals surface area contributed by atoms with Crippen LogP contribution in [0.4, 0.5) is 11.6 Å². The minimum absolute atomic E-state index is 0.0218. The summed E-state index contributed by atoms with van der Waals surface area (Å²) in [5.41, 5.74) is 4.96. The molecule has 6 nitrogen and oxygen atoms in total. The van der Waals surface area contributed by atoms with Crippen molar-refractivity contribution in [1.82, 2.24) is 19.4 Å². The summed E-state index contributed by atoms with van der Waals surface area (Å²) in [7, 11) is 0. The molecule has 1 aliphatic heterocycles. The summed E-state index contributed by atoms with van der Waals surface area (Å²) in [6.45, 7) is 7.79. The topological polar surface area (TPSA) is 54.3 Å². The summed E-state index contributed by atoms with van der Waals surface area (Å²) in [4.78, 5) is 26.3. The fourth-order valence-corrected chi connectivity index (χ4v) is 3.54. The molecule has 0 saturated heterocycles. The molecule has 0 spiro atoms. The zero-order chi connectivity index (χ0) is 19.7. The number of pyridine rings is 1. The Morgan fingerprint density at radius 2 is 1.82 bits per heavy atom. The van der Waals surface area contributed by atoms with Crippen LogP contribution >= 0.6 is 0 Å². The smallest absolute Gasteiger partial charge is 0.259 e. The zero-order valence-corrected chi connectivity index (χ0v) is 16.6. The van der Waals surface area contributed by atoms with E-state index in [-0.39, 0.29) is 5.56 Å². The fraction of sp³-hybridized carbons (Fsp3) is 0.318. The van der Waals surface area contributed by atoms with Crippen LogP contribution in [0.1, 0.15) is 29.3 Å². The molecular weight excluding hydrogens is 350 g/mol. The summed E-state index contributed by atoms with van der Waals surface area (Å²) in [6.07, 6.45) is 4.65. The number of hydrogen-bond donors (Lipinski definition) is 0. The van der Waals surface area contributed by atoms with Gasteiger partial charge in [-0.2, -0.15) is 0 Å². The van der Waals surface area contributed by atoms with Gasteiger partial charge in [0.25, 0.3) is 5.56 Å². The van der Waals surface area contributed by atoms with Crippen molar-refractivity contribution in [3.05, 3.63) is 81.5 Å². The standard InChI is InChI=1S/C22H25N5O/c1-4-18-7-9-20(10-8-18)26-14-25(13-19-6-5-11-23-12-19)15-27-21(28)16(2)17(3)24-22(26)27/h5-12H,4,13-15H2,1-3H3. The maximum absolute atomic E-state index is 13.0. The van der Waals surface area contributed by atoms with Crippen molar-refractivity contribution < 1.29 is 0 Å². The molecule has 1 aliphatic rings. The number of aryl methyl sites for hydroxylation is 2. The minimum Gasteiger partial charge on any atom is -0.298 e. The Kier molecular flexibility index (Phi) is 4.96. The molecule has 0 aliphatic carbocycles. The molecule has 0 unspecified atom stereocenters. The van der Waals surface area contributed by atoms with Gasteiger partial charge in [0, 0.05) is 35.9 Å². The van der Waals surface area contributed by atoms with Gasteiger partial charge in [-0.3, -0.25) is 24.1 Å². The van der Waals surface area contributed by atoms with Crippen molar-refractivity contribution in [2.75, 3.05) is 11.6 Å². The van der Waals surface area contributed by atoms with Crippen molar-refractivity contribution in [3.8, 4) is 0 Å². The maximum Gasteiger partial charge on any atom is 0.259 e. The third-order valence-electron chi connectivity index (χ3n) is 5.33. The van der Waals surface area contributed by atoms with Crippen LogP contribution in [-0.4, -0.2) is 26.1 Å². The second-order valence-electron chi connectivity index (χ2n) is 7.28. The molecule has 2 aromatic heterocycles. The number of aromatic nitrogens is 3. The predicted octanol–water partition coefficient (Wildman–Crippen LogP) is 3.39. The molecule has 0 radical (unpaired) electrons. The van der Waals surface area contributed by atoms with Gasteiger partial charge < -0.3 is 0 Å². The van der Waals surface area contributed by atoms with Crippen LogP contribution in [0.2, 0.25) is 0 Å². The second kappa shape index (κ2) is 7.56. The van der Waals surface area contributed by atoms with Crippen molar-refractivity contribution in [2.45, 2.75) is 40.4 Å². The second-order valence-corrected chi connectivity index (χ2v) is 7.28. The average molecular weight is 375 g/mol. The van der Waals surface area contributed by atoms with E-state index in [1.165, 1.54) is 5.56 Å². The van der Waals surface area contributed by atoms with E-state index in [9.17, 15) is 4.79 Å². The van der Waals surface area contributed by atoms with Crippen LogP contribution in [0.5, 0.6) is 0 Å². The number of rotatable bonds is 4. The number of benzene rings is 1. The van der Waals surface area contributed by atoms with E-state index < -0.39 is 0 Å². The highest BCUT2D eigenvalue weighted by molar-refractivity contribution is 5.59. The highest BCUT2D eigenvalue weighted by Gasteiger charge is 2.27. The first-order chi connectivity index (χ1) is 13.6. The molecule has 3 aromatic rings. The Bertz CT molecular complexity index is 1030. The van der Waals surface area contributed by atoms with Gasteiger partial charge >= 0.3 is 0 Å². The van der Waals surface area contributed by atoms with E-state index in [0.717, 1.165) is 29.9 Å². The molecule has 3 heterocycles. The van der Waals surface area contributed by atoms with Gasteiger partial charge in [0.2, 0.25) is 5.95 Å². The normalized spacial score (nSPS) is 14.2. The van der Waals surface area contributed by atoms with E-state index in [1.807, 2.05) is 26.1 Å². The minimum atomic E-state index is 0.0218. The number of hydrogen-bond acceptors (Lipinski definition) is 5. The molecule has 0 fully saturated rings. The van der Waals surface area contributed by atoms with E-state index in [0.29, 0.717) is 24.8 Å². The van der Waals surface area contributed by atoms with Crippen molar-refractivity contribution in [2.24, 2.45) is 0 Å². The molecular formula is C22H25N5O. The zero-order valence-electron chi connectivity index (χ0n) is 16.6. The molecule has 0 saturated carbocycles. The third kappa shape index (κ3) is 3.43. The van der Waals surface area contributed by atoms with Crippen molar-refractivity contribution >= 4 is 11.6 Å². The van der Waals surface area contributed by atoms with Crippen LogP contribution in [0.15, 0.2) is 53.6 Å². The lowest BCUT2D eigenvalue weighted by Gasteiger charge is -2.38. The molecule has 0 amide bonds. The van der Waals surface area contributed by atoms with Gasteiger partial charge in [0.15, 0.2) is 0 Å². The molecule has 0 bridgehead atoms. The number of anilines is 2. The first-order valence-electron chi connectivity index (χ1n) is 9.62. The largest absolute Gasteiger partial charge is 0.298 e. The van der Waals surface area contributed by atoms with Crippen LogP contribution in [0.3, 0.4) is 0 Å². The Morgan fingerprint density at radius 1 is 1.04 bits per heavy atom. The molecule has 4 rings (SSSR count). The molecule has 28 heavy (non-hydrogen) atoms. The van der Waals surface area contributed by atoms with E-state index in [2.05, 4.69) is 52.0 Å². The Morgan fingerprint density at radius 3 is 2.50 bits per heavy atom. The lowest BCUT2D eigenvalue weighted by Crippen LogP contribution is -2.47. The molecule has 1 aromatic carbocycles. The summed E-state index contributed by atoms with van der Waals surface area (Å²) >= 11 is 0. The van der Waals surface area contributed by atoms with Crippen molar-refractivity contribution in [1.29, 1.82) is 0 Å². The number of fused-ring (bicyclic) bond motifs is 1. The Balaban J connectivity index is 1.76. The lowest BCUT2D eigenvalue weighted by molar-refractivity contribution is 0.189. The monoisotopic (exact) mass is 375 g/mol. The van der Waals surface area contributed by atoms with Gasteiger partial charge in [-0.1, -0.05) is 25.1 Å². The SMILES string of the molecule is CCc1ccc(N2CN(Cc3cccnc3)Cn3c2nc(C)c(C)c3=O)cc1. The maximum atomic E-state index is 13.0. The van der Waals surface area contributed by atoms with Gasteiger partial charge in [0.05, 0.1) is 13.3 Å². The molecule has 6 heteroatoms. The molecule has 0 N–H and O–H groups in total. The lowest BCUT2D eigenvalue weighted by atomic mass is 10.1. The van der Waals surface area contributed by atoms with E-state index >= 15 is 0 Å². The van der Waals surface area contributed by atoms with Crippen molar-refractivity contribution in [3.63, 3.8) is 0 Å². The summed E-state index contributed by atoms with van der Waals surface area (Å²) in [5, 5.41) is 0. The first kappa shape index (κ1) is 18.4. The summed E-state index contributed by atoms with van der Waals surface area (Å²) < 4.78 is 1.77. The highest BCUT2D eigenvalue weighted by Crippen LogP contribution is 2.28.